The Morgan fingerprint density at radius 3 is 1.64 bits per heavy atom. The number of fused-ring (bicyclic) bond motifs is 7. The molecule has 7 aromatic rings. The third-order valence-corrected chi connectivity index (χ3v) is 22.6. The summed E-state index contributed by atoms with van der Waals surface area (Å²) < 4.78 is 42.3. The Hall–Kier alpha value is -9.91. The molecule has 3 saturated heterocycles. The van der Waals surface area contributed by atoms with Gasteiger partial charge in [-0.25, -0.2) is 29.3 Å². The topological polar surface area (TPSA) is 198 Å². The summed E-state index contributed by atoms with van der Waals surface area (Å²) in [5.74, 6) is 7.18. The molecular formula is C91H109N7O11. The zero-order valence-electron chi connectivity index (χ0n) is 64.5. The van der Waals surface area contributed by atoms with Gasteiger partial charge in [-0.2, -0.15) is 0 Å². The van der Waals surface area contributed by atoms with Crippen molar-refractivity contribution in [1.29, 1.82) is 0 Å². The Balaban J connectivity index is 0.000000135. The lowest BCUT2D eigenvalue weighted by molar-refractivity contribution is -0.132. The van der Waals surface area contributed by atoms with Crippen molar-refractivity contribution >= 4 is 24.1 Å². The van der Waals surface area contributed by atoms with Gasteiger partial charge >= 0.3 is 16.9 Å². The van der Waals surface area contributed by atoms with Crippen molar-refractivity contribution in [2.45, 2.75) is 210 Å². The standard InChI is InChI=1S/C24H32O.C23H27NO3.C22H23NO4.C21H23N5O3.CH4/c1-19-9-6-15-23(17-19)25-24-16-8-14-22(18-24)20(2)10-7-13-21-11-4-3-5-12-21;1-15-4-7-18(8-5-15)9-6-16(2)24-11-10-19-13-20-21(27-22(19)14-24)12-17(3)26-23(20)25;1-14-3-5-16(6-4-14)7-8-21(24)23-10-9-17-12-18-19(27-20(17)13-23)11-15(2)26-22(18)25;1-12(8-26-11-24-14(3)19-20(26)23-10-22-19)25-5-4-15-7-16-17(29-18(15)9-25)6-13(2)28-21(16)27;/h3-6,9,11-12,15,17,20,22,24H,7-8,10,13-14,16,18H2,1-2H3;4-5,7-8,12-13,16,22H,6,9-11,14H2,1-3H3;3-6,11-12,20H,7-10,13H2,1-2H3;6-7,10-12,18H,4-5,8-9H2,1-3H3;1H4/t20?,22-,24?;16?,22-;20-;12-,18+;/m0001./s1. The summed E-state index contributed by atoms with van der Waals surface area (Å²) in [6, 6.07) is 42.6. The number of benzene rings is 4. The molecule has 18 nitrogen and oxygen atoms in total. The number of carbonyl (C=O) groups excluding carboxylic acids is 1. The molecule has 16 rings (SSSR count). The number of ether oxygens (including phenoxy) is 4. The lowest BCUT2D eigenvalue weighted by Gasteiger charge is -2.40. The van der Waals surface area contributed by atoms with Crippen molar-refractivity contribution in [1.82, 2.24) is 34.2 Å². The van der Waals surface area contributed by atoms with Crippen LogP contribution in [0.2, 0.25) is 0 Å². The molecule has 109 heavy (non-hydrogen) atoms. The fraction of sp³-hybridized carbons (Fsp3) is 0.440. The molecule has 8 aliphatic heterocycles. The van der Waals surface area contributed by atoms with E-state index in [0.717, 1.165) is 111 Å². The van der Waals surface area contributed by atoms with E-state index in [-0.39, 0.29) is 54.6 Å². The van der Waals surface area contributed by atoms with Gasteiger partial charge in [0.05, 0.1) is 24.7 Å². The number of piperidine rings is 3. The lowest BCUT2D eigenvalue weighted by Crippen LogP contribution is -2.48. The van der Waals surface area contributed by atoms with Gasteiger partial charge in [-0.05, 0) is 221 Å². The van der Waals surface area contributed by atoms with Gasteiger partial charge in [0.15, 0.2) is 5.82 Å². The highest BCUT2D eigenvalue weighted by atomic mass is 16.5. The number of aromatic nitrogens is 4. The van der Waals surface area contributed by atoms with Crippen LogP contribution in [0.1, 0.15) is 172 Å². The molecule has 3 unspecified atom stereocenters. The number of nitrogens with zero attached hydrogens (tertiary/aromatic N) is 7. The van der Waals surface area contributed by atoms with Crippen molar-refractivity contribution in [3.05, 3.63) is 255 Å². The molecule has 11 heterocycles. The van der Waals surface area contributed by atoms with Crippen molar-refractivity contribution < 1.29 is 37.0 Å². The van der Waals surface area contributed by atoms with E-state index in [4.69, 9.17) is 32.2 Å². The van der Waals surface area contributed by atoms with Crippen molar-refractivity contribution in [3.63, 3.8) is 0 Å². The van der Waals surface area contributed by atoms with E-state index < -0.39 is 0 Å². The second-order valence-corrected chi connectivity index (χ2v) is 30.9. The quantitative estimate of drug-likeness (QED) is 0.0833. The van der Waals surface area contributed by atoms with E-state index in [1.807, 2.05) is 42.4 Å². The number of imidazole rings is 1. The Morgan fingerprint density at radius 2 is 1.07 bits per heavy atom. The van der Waals surface area contributed by atoms with Gasteiger partial charge in [-0.15, -0.1) is 0 Å². The van der Waals surface area contributed by atoms with Gasteiger partial charge in [0.25, 0.3) is 0 Å². The second-order valence-electron chi connectivity index (χ2n) is 30.9. The van der Waals surface area contributed by atoms with Crippen molar-refractivity contribution in [2.75, 3.05) is 39.3 Å². The summed E-state index contributed by atoms with van der Waals surface area (Å²) in [6.45, 7) is 26.0. The average molecular weight is 1480 g/mol. The van der Waals surface area contributed by atoms with E-state index in [1.165, 1.54) is 83.9 Å². The minimum atomic E-state index is -0.368. The molecule has 8 atom stereocenters. The molecule has 0 radical (unpaired) electrons. The van der Waals surface area contributed by atoms with Crippen LogP contribution in [0.25, 0.3) is 29.7 Å². The van der Waals surface area contributed by atoms with Gasteiger partial charge in [0.2, 0.25) is 5.91 Å². The third kappa shape index (κ3) is 20.1. The predicted octanol–water partition coefficient (Wildman–Crippen LogP) is 16.9. The lowest BCUT2D eigenvalue weighted by atomic mass is 9.77. The summed E-state index contributed by atoms with van der Waals surface area (Å²) in [7, 11) is 0. The fourth-order valence-electron chi connectivity index (χ4n) is 16.1. The monoisotopic (exact) mass is 1480 g/mol. The van der Waals surface area contributed by atoms with Crippen LogP contribution in [0, 0.1) is 60.3 Å². The van der Waals surface area contributed by atoms with E-state index >= 15 is 0 Å². The predicted molar refractivity (Wildman–Crippen MR) is 430 cm³/mol. The number of carbonyl (C=O) groups is 1. The second kappa shape index (κ2) is 36.1. The van der Waals surface area contributed by atoms with Gasteiger partial charge in [0, 0.05) is 76.0 Å². The highest BCUT2D eigenvalue weighted by Gasteiger charge is 2.37. The number of amides is 1. The first-order chi connectivity index (χ1) is 52.2. The molecule has 4 fully saturated rings. The average Bonchev–Trinajstić information content (AvgIpc) is 1.30. The van der Waals surface area contributed by atoms with Crippen molar-refractivity contribution in [2.24, 2.45) is 11.8 Å². The first-order valence-electron chi connectivity index (χ1n) is 39.0. The number of hydrogen-bond acceptors (Lipinski definition) is 16. The SMILES string of the molecule is C.Cc1cc2c(c(=O)o1)C=C1CCN([C@H](C)Cn3cnc(C)c4ncnc3-4)C[C@@H]1O2.Cc1ccc(CCC(=O)N2CCC3=Cc4c(cc(C)oc4=O)O[C@H]3C2)cc1.Cc1ccc(CCC(C)N2CCC3=Cc4c(cc(C)oc4=O)O[C@H]3C2)cc1.Cc1cccc(OC2CCC[C@H](C(C)CCCc3ccccc3)C2)c1. The number of hydrogen-bond donors (Lipinski definition) is 0. The van der Waals surface area contributed by atoms with Crippen LogP contribution >= 0.6 is 0 Å². The molecule has 0 spiro atoms. The molecular weight excluding hydrogens is 1370 g/mol. The minimum absolute atomic E-state index is 0. The summed E-state index contributed by atoms with van der Waals surface area (Å²) >= 11 is 0. The molecule has 1 aliphatic carbocycles. The Morgan fingerprint density at radius 1 is 0.541 bits per heavy atom. The van der Waals surface area contributed by atoms with Crippen LogP contribution in [-0.4, -0.2) is 116 Å². The van der Waals surface area contributed by atoms with E-state index in [1.54, 1.807) is 39.2 Å². The zero-order valence-corrected chi connectivity index (χ0v) is 64.5. The molecule has 1 amide bonds. The molecule has 0 bridgehead atoms. The summed E-state index contributed by atoms with van der Waals surface area (Å²) in [6.07, 6.45) is 24.4. The highest BCUT2D eigenvalue weighted by Crippen LogP contribution is 2.39. The molecule has 9 aliphatic rings. The third-order valence-electron chi connectivity index (χ3n) is 22.6. The highest BCUT2D eigenvalue weighted by molar-refractivity contribution is 5.77. The van der Waals surface area contributed by atoms with Crippen LogP contribution in [-0.2, 0) is 30.6 Å². The Labute approximate surface area is 642 Å². The van der Waals surface area contributed by atoms with Crippen molar-refractivity contribution in [3.8, 4) is 34.5 Å². The van der Waals surface area contributed by atoms with Crippen LogP contribution in [0.15, 0.2) is 178 Å². The normalized spacial score (nSPS) is 19.8. The van der Waals surface area contributed by atoms with Crippen LogP contribution in [0.4, 0.5) is 0 Å². The van der Waals surface area contributed by atoms with E-state index in [2.05, 4.69) is 174 Å². The maximum atomic E-state index is 12.7. The fourth-order valence-corrected chi connectivity index (χ4v) is 16.1. The van der Waals surface area contributed by atoms with E-state index in [0.29, 0.717) is 89.3 Å². The maximum absolute atomic E-state index is 12.7. The molecule has 0 N–H and O–H groups in total. The van der Waals surface area contributed by atoms with E-state index in [9.17, 15) is 19.2 Å². The minimum Gasteiger partial charge on any atom is -0.490 e. The molecule has 18 heteroatoms. The van der Waals surface area contributed by atoms with Crippen LogP contribution in [0.3, 0.4) is 0 Å². The first kappa shape index (κ1) is 78.7. The molecule has 3 aromatic heterocycles. The Bertz CT molecular complexity index is 4840. The van der Waals surface area contributed by atoms with Crippen LogP contribution < -0.4 is 35.8 Å². The number of rotatable bonds is 17. The van der Waals surface area contributed by atoms with Crippen LogP contribution in [0.5, 0.6) is 23.0 Å². The summed E-state index contributed by atoms with van der Waals surface area (Å²) in [5, 5.41) is 0. The zero-order chi connectivity index (χ0) is 75.5. The van der Waals surface area contributed by atoms with Gasteiger partial charge in [-0.3, -0.25) is 14.6 Å². The van der Waals surface area contributed by atoms with Gasteiger partial charge in [0.1, 0.15) is 87.3 Å². The molecule has 1 saturated carbocycles. The summed E-state index contributed by atoms with van der Waals surface area (Å²) in [5.41, 5.74) is 13.6. The molecule has 4 aromatic carbocycles. The summed E-state index contributed by atoms with van der Waals surface area (Å²) in [4.78, 5) is 68.8. The Kier molecular flexibility index (Phi) is 26.0. The molecule has 574 valence electrons. The maximum Gasteiger partial charge on any atom is 0.346 e. The smallest absolute Gasteiger partial charge is 0.346 e. The van der Waals surface area contributed by atoms with Gasteiger partial charge in [-0.1, -0.05) is 123 Å². The number of likely N-dealkylation sites (tertiary alicyclic amines) is 3. The number of aryl methyl sites for hydroxylation is 10. The van der Waals surface area contributed by atoms with Gasteiger partial charge < -0.3 is 41.7 Å². The largest absolute Gasteiger partial charge is 0.490 e. The first-order valence-corrected chi connectivity index (χ1v) is 39.0.